The van der Waals surface area contributed by atoms with Gasteiger partial charge in [-0.05, 0) is 38.8 Å². The number of anilines is 3. The van der Waals surface area contributed by atoms with Crippen molar-refractivity contribution < 1.29 is 23.8 Å². The van der Waals surface area contributed by atoms with Crippen LogP contribution in [0.15, 0.2) is 24.3 Å². The van der Waals surface area contributed by atoms with Crippen LogP contribution in [-0.4, -0.2) is 61.4 Å². The first-order chi connectivity index (χ1) is 17.4. The molecule has 0 bridgehead atoms. The summed E-state index contributed by atoms with van der Waals surface area (Å²) in [6.07, 6.45) is 1.09. The zero-order chi connectivity index (χ0) is 27.6. The molecule has 204 valence electrons. The summed E-state index contributed by atoms with van der Waals surface area (Å²) >= 11 is 0. The Morgan fingerprint density at radius 1 is 1.24 bits per heavy atom. The lowest BCUT2D eigenvalue weighted by Gasteiger charge is -2.25. The summed E-state index contributed by atoms with van der Waals surface area (Å²) in [5.74, 6) is 0.158. The van der Waals surface area contributed by atoms with Crippen LogP contribution in [0.1, 0.15) is 38.8 Å². The first-order valence-corrected chi connectivity index (χ1v) is 13.3. The van der Waals surface area contributed by atoms with Crippen molar-refractivity contribution in [2.24, 2.45) is 5.50 Å². The van der Waals surface area contributed by atoms with Gasteiger partial charge in [-0.1, -0.05) is 24.3 Å². The molecule has 0 fully saturated rings. The van der Waals surface area contributed by atoms with Gasteiger partial charge in [0.1, 0.15) is 23.9 Å². The lowest BCUT2D eigenvalue weighted by molar-refractivity contribution is -0.156. The van der Waals surface area contributed by atoms with Crippen LogP contribution >= 0.6 is 8.22 Å². The molecule has 2 unspecified atom stereocenters. The number of benzene rings is 1. The predicted molar refractivity (Wildman–Crippen MR) is 145 cm³/mol. The number of aromatic nitrogens is 2. The van der Waals surface area contributed by atoms with Crippen LogP contribution in [0.4, 0.5) is 17.3 Å². The van der Waals surface area contributed by atoms with E-state index >= 15 is 0 Å². The van der Waals surface area contributed by atoms with Gasteiger partial charge in [-0.2, -0.15) is 9.97 Å². The third kappa shape index (κ3) is 10.1. The first kappa shape index (κ1) is 30.2. The topological polar surface area (TPSA) is 167 Å². The second-order valence-electron chi connectivity index (χ2n) is 9.38. The number of carbonyl (C=O) groups excluding carboxylic acids is 2. The number of hydrogen-bond acceptors (Lipinski definition) is 11. The molecule has 13 heteroatoms. The molecule has 2 rings (SSSR count). The number of amides is 1. The van der Waals surface area contributed by atoms with Crippen molar-refractivity contribution in [3.8, 4) is 6.01 Å². The summed E-state index contributed by atoms with van der Waals surface area (Å²) in [4.78, 5) is 33.8. The minimum Gasteiger partial charge on any atom is -0.461 e. The molecule has 1 heterocycles. The van der Waals surface area contributed by atoms with Crippen LogP contribution in [0.5, 0.6) is 6.01 Å². The number of ether oxygens (including phenoxy) is 3. The van der Waals surface area contributed by atoms with Crippen molar-refractivity contribution in [3.05, 3.63) is 35.4 Å². The second-order valence-corrected chi connectivity index (χ2v) is 10.9. The maximum atomic E-state index is 12.3. The highest BCUT2D eigenvalue weighted by atomic mass is 31.1. The van der Waals surface area contributed by atoms with Gasteiger partial charge in [-0.15, -0.1) is 0 Å². The van der Waals surface area contributed by atoms with E-state index in [1.54, 1.807) is 14.0 Å². The van der Waals surface area contributed by atoms with Crippen molar-refractivity contribution in [2.75, 3.05) is 43.3 Å². The first-order valence-electron chi connectivity index (χ1n) is 11.7. The van der Waals surface area contributed by atoms with Gasteiger partial charge in [0.15, 0.2) is 11.6 Å². The van der Waals surface area contributed by atoms with E-state index in [1.807, 2.05) is 57.0 Å². The molecule has 0 aliphatic heterocycles. The van der Waals surface area contributed by atoms with Crippen LogP contribution in [-0.2, 0) is 31.8 Å². The third-order valence-electron chi connectivity index (χ3n) is 4.86. The monoisotopic (exact) mass is 535 g/mol. The fourth-order valence-electron chi connectivity index (χ4n) is 3.31. The molecule has 12 nitrogen and oxygen atoms in total. The summed E-state index contributed by atoms with van der Waals surface area (Å²) in [5.41, 5.74) is 14.1. The Kier molecular flexibility index (Phi) is 11.4. The summed E-state index contributed by atoms with van der Waals surface area (Å²) in [6, 6.07) is 7.50. The normalized spacial score (nSPS) is 12.9. The Bertz CT molecular complexity index is 1050. The van der Waals surface area contributed by atoms with Gasteiger partial charge < -0.3 is 30.2 Å². The zero-order valence-electron chi connectivity index (χ0n) is 22.3. The summed E-state index contributed by atoms with van der Waals surface area (Å²) < 4.78 is 15.9. The number of hydrogen-bond donors (Lipinski definition) is 4. The van der Waals surface area contributed by atoms with Crippen molar-refractivity contribution in [3.63, 3.8) is 0 Å². The van der Waals surface area contributed by atoms with E-state index in [2.05, 4.69) is 20.4 Å². The predicted octanol–water partition coefficient (Wildman–Crippen LogP) is 2.38. The van der Waals surface area contributed by atoms with Gasteiger partial charge in [-0.3, -0.25) is 20.2 Å². The zero-order valence-corrected chi connectivity index (χ0v) is 23.2. The number of nitrogens with one attached hydrogen (secondary N) is 2. The second kappa shape index (κ2) is 14.0. The highest BCUT2D eigenvalue weighted by molar-refractivity contribution is 7.52. The standard InChI is InChI=1S/C24H38N7O5P/c1-16(22(33)36-24(2,3)4)30-37(26)14-18-9-7-8-17(12-18)13-31(5)21-19(27-15-32)20(25)28-23(29-21)35-11-10-34-6/h7-9,12,15-16,30H,10-11,13-14,26H2,1-6H3,(H,27,32)(H2,25,28,29). The fourth-order valence-corrected chi connectivity index (χ4v) is 4.59. The van der Waals surface area contributed by atoms with Crippen LogP contribution < -0.4 is 31.3 Å². The molecule has 6 N–H and O–H groups in total. The van der Waals surface area contributed by atoms with Gasteiger partial charge in [0.2, 0.25) is 6.41 Å². The largest absolute Gasteiger partial charge is 0.461 e. The average Bonchev–Trinajstić information content (AvgIpc) is 2.79. The molecule has 37 heavy (non-hydrogen) atoms. The number of esters is 1. The van der Waals surface area contributed by atoms with Gasteiger partial charge in [-0.25, -0.2) is 0 Å². The lowest BCUT2D eigenvalue weighted by Crippen LogP contribution is -2.38. The smallest absolute Gasteiger partial charge is 0.323 e. The van der Waals surface area contributed by atoms with Gasteiger partial charge >= 0.3 is 12.0 Å². The number of methoxy groups -OCH3 is 1. The third-order valence-corrected chi connectivity index (χ3v) is 6.29. The van der Waals surface area contributed by atoms with E-state index < -0.39 is 19.9 Å². The summed E-state index contributed by atoms with van der Waals surface area (Å²) in [7, 11) is 2.24. The van der Waals surface area contributed by atoms with Gasteiger partial charge in [0, 0.05) is 35.1 Å². The molecular formula is C24H38N7O5P. The van der Waals surface area contributed by atoms with E-state index in [9.17, 15) is 9.59 Å². The summed E-state index contributed by atoms with van der Waals surface area (Å²) in [5, 5.41) is 5.73. The number of nitrogens with two attached hydrogens (primary N) is 2. The molecule has 0 radical (unpaired) electrons. The number of nitrogens with zero attached hydrogens (tertiary/aromatic N) is 3. The van der Waals surface area contributed by atoms with E-state index in [1.165, 1.54) is 0 Å². The Labute approximate surface area is 219 Å². The molecular weight excluding hydrogens is 497 g/mol. The van der Waals surface area contributed by atoms with E-state index in [-0.39, 0.29) is 24.4 Å². The molecule has 0 spiro atoms. The van der Waals surface area contributed by atoms with Crippen molar-refractivity contribution in [1.29, 1.82) is 0 Å². The van der Waals surface area contributed by atoms with Crippen molar-refractivity contribution in [1.82, 2.24) is 15.1 Å². The Hall–Kier alpha value is -3.05. The van der Waals surface area contributed by atoms with Crippen LogP contribution in [0.2, 0.25) is 0 Å². The minimum absolute atomic E-state index is 0.0838. The molecule has 0 aliphatic carbocycles. The number of carbonyl (C=O) groups is 2. The van der Waals surface area contributed by atoms with Crippen LogP contribution in [0, 0.1) is 0 Å². The Balaban J connectivity index is 2.11. The van der Waals surface area contributed by atoms with E-state index in [4.69, 9.17) is 25.4 Å². The highest BCUT2D eigenvalue weighted by Gasteiger charge is 2.23. The molecule has 1 amide bonds. The highest BCUT2D eigenvalue weighted by Crippen LogP contribution is 2.31. The molecule has 1 aromatic heterocycles. The fraction of sp³-hybridized carbons (Fsp3) is 0.500. The number of rotatable bonds is 14. The maximum absolute atomic E-state index is 12.3. The minimum atomic E-state index is -1.15. The lowest BCUT2D eigenvalue weighted by atomic mass is 10.1. The molecule has 0 saturated carbocycles. The average molecular weight is 536 g/mol. The summed E-state index contributed by atoms with van der Waals surface area (Å²) in [6.45, 7) is 8.30. The Morgan fingerprint density at radius 3 is 2.59 bits per heavy atom. The van der Waals surface area contributed by atoms with Gasteiger partial charge in [0.05, 0.1) is 6.61 Å². The SMILES string of the molecule is COCCOc1nc(N)c(NC=O)c(N(C)Cc2cccc(CP(N)NC(C)C(=O)OC(C)(C)C)c2)n1. The molecule has 2 atom stereocenters. The maximum Gasteiger partial charge on any atom is 0.323 e. The van der Waals surface area contributed by atoms with Crippen molar-refractivity contribution in [2.45, 2.75) is 52.0 Å². The molecule has 1 aromatic carbocycles. The quantitative estimate of drug-likeness (QED) is 0.121. The molecule has 0 aliphatic rings. The van der Waals surface area contributed by atoms with E-state index in [0.717, 1.165) is 11.1 Å². The molecule has 2 aromatic rings. The number of nitrogen functional groups attached to an aromatic ring is 1. The van der Waals surface area contributed by atoms with Crippen LogP contribution in [0.3, 0.4) is 0 Å². The van der Waals surface area contributed by atoms with Crippen LogP contribution in [0.25, 0.3) is 0 Å². The van der Waals surface area contributed by atoms with Crippen molar-refractivity contribution >= 4 is 37.9 Å². The van der Waals surface area contributed by atoms with Gasteiger partial charge in [0.25, 0.3) is 0 Å². The Morgan fingerprint density at radius 2 is 1.95 bits per heavy atom. The molecule has 0 saturated heterocycles. The van der Waals surface area contributed by atoms with E-state index in [0.29, 0.717) is 37.2 Å².